The zero-order valence-corrected chi connectivity index (χ0v) is 8.11. The summed E-state index contributed by atoms with van der Waals surface area (Å²) in [6.07, 6.45) is 4.28. The Morgan fingerprint density at radius 2 is 2.00 bits per heavy atom. The lowest BCUT2D eigenvalue weighted by Crippen LogP contribution is -2.40. The Kier molecular flexibility index (Phi) is 2.44. The Balaban J connectivity index is 1.93. The maximum Gasteiger partial charge on any atom is 0.326 e. The van der Waals surface area contributed by atoms with Gasteiger partial charge >= 0.3 is 5.97 Å². The number of aliphatic carboxylic acids is 1. The number of hydrogen-bond donors (Lipinski definition) is 1. The van der Waals surface area contributed by atoms with Crippen molar-refractivity contribution < 1.29 is 14.7 Å². The van der Waals surface area contributed by atoms with Gasteiger partial charge in [-0.25, -0.2) is 4.79 Å². The molecular formula is C10H15NO3. The van der Waals surface area contributed by atoms with Gasteiger partial charge in [0.1, 0.15) is 6.04 Å². The summed E-state index contributed by atoms with van der Waals surface area (Å²) in [5.74, 6) is -0.276. The van der Waals surface area contributed by atoms with Crippen molar-refractivity contribution in [3.05, 3.63) is 0 Å². The van der Waals surface area contributed by atoms with Crippen LogP contribution in [0.3, 0.4) is 0 Å². The number of nitrogens with zero attached hydrogens (tertiary/aromatic N) is 1. The van der Waals surface area contributed by atoms with E-state index in [0.717, 1.165) is 19.3 Å². The topological polar surface area (TPSA) is 57.6 Å². The summed E-state index contributed by atoms with van der Waals surface area (Å²) >= 11 is 0. The average molecular weight is 197 g/mol. The number of carboxylic acid groups (broad SMARTS) is 1. The standard InChI is InChI=1S/C10H15NO3/c12-9(6-7-3-4-7)11-5-1-2-8(11)10(13)14/h7-8H,1-6H2,(H,13,14)/t8-/m1/s1. The van der Waals surface area contributed by atoms with Gasteiger partial charge in [-0.3, -0.25) is 4.79 Å². The number of carboxylic acids is 1. The molecule has 4 heteroatoms. The van der Waals surface area contributed by atoms with Crippen LogP contribution < -0.4 is 0 Å². The van der Waals surface area contributed by atoms with Gasteiger partial charge in [0.2, 0.25) is 5.91 Å². The second-order valence-corrected chi connectivity index (χ2v) is 4.23. The molecule has 2 fully saturated rings. The van der Waals surface area contributed by atoms with E-state index in [9.17, 15) is 9.59 Å². The molecule has 1 atom stereocenters. The van der Waals surface area contributed by atoms with E-state index >= 15 is 0 Å². The minimum atomic E-state index is -0.855. The highest BCUT2D eigenvalue weighted by Crippen LogP contribution is 2.33. The smallest absolute Gasteiger partial charge is 0.326 e. The fourth-order valence-corrected chi connectivity index (χ4v) is 2.01. The Bertz CT molecular complexity index is 260. The number of likely N-dealkylation sites (tertiary alicyclic amines) is 1. The van der Waals surface area contributed by atoms with Gasteiger partial charge in [-0.15, -0.1) is 0 Å². The second-order valence-electron chi connectivity index (χ2n) is 4.23. The molecule has 0 aromatic heterocycles. The van der Waals surface area contributed by atoms with Crippen LogP contribution in [0.15, 0.2) is 0 Å². The van der Waals surface area contributed by atoms with Gasteiger partial charge in [-0.05, 0) is 31.6 Å². The van der Waals surface area contributed by atoms with Gasteiger partial charge < -0.3 is 10.0 Å². The fourth-order valence-electron chi connectivity index (χ4n) is 2.01. The summed E-state index contributed by atoms with van der Waals surface area (Å²) in [6.45, 7) is 0.628. The average Bonchev–Trinajstić information content (AvgIpc) is 2.81. The summed E-state index contributed by atoms with van der Waals surface area (Å²) in [6, 6.07) is -0.554. The van der Waals surface area contributed by atoms with Gasteiger partial charge in [0.15, 0.2) is 0 Å². The molecule has 0 aromatic carbocycles. The second kappa shape index (κ2) is 3.59. The molecule has 1 saturated heterocycles. The minimum absolute atomic E-state index is 0.0393. The lowest BCUT2D eigenvalue weighted by molar-refractivity contribution is -0.148. The summed E-state index contributed by atoms with van der Waals surface area (Å²) < 4.78 is 0. The highest BCUT2D eigenvalue weighted by molar-refractivity contribution is 5.84. The van der Waals surface area contributed by atoms with Crippen LogP contribution in [-0.4, -0.2) is 34.5 Å². The Hall–Kier alpha value is -1.06. The molecule has 0 spiro atoms. The van der Waals surface area contributed by atoms with Crippen molar-refractivity contribution in [2.75, 3.05) is 6.54 Å². The summed E-state index contributed by atoms with van der Waals surface area (Å²) in [5, 5.41) is 8.89. The van der Waals surface area contributed by atoms with Crippen molar-refractivity contribution in [3.63, 3.8) is 0 Å². The van der Waals surface area contributed by atoms with Crippen LogP contribution in [0.25, 0.3) is 0 Å². The van der Waals surface area contributed by atoms with Crippen molar-refractivity contribution in [2.24, 2.45) is 5.92 Å². The molecule has 2 aliphatic rings. The van der Waals surface area contributed by atoms with E-state index in [0.29, 0.717) is 25.3 Å². The van der Waals surface area contributed by atoms with E-state index in [2.05, 4.69) is 0 Å². The van der Waals surface area contributed by atoms with Crippen molar-refractivity contribution >= 4 is 11.9 Å². The molecule has 0 radical (unpaired) electrons. The van der Waals surface area contributed by atoms with Crippen LogP contribution in [0.1, 0.15) is 32.1 Å². The van der Waals surface area contributed by atoms with Crippen LogP contribution >= 0.6 is 0 Å². The molecule has 1 aliphatic carbocycles. The lowest BCUT2D eigenvalue weighted by atomic mass is 10.2. The molecule has 2 rings (SSSR count). The Morgan fingerprint density at radius 3 is 2.57 bits per heavy atom. The van der Waals surface area contributed by atoms with Crippen LogP contribution in [0.4, 0.5) is 0 Å². The quantitative estimate of drug-likeness (QED) is 0.730. The van der Waals surface area contributed by atoms with Crippen molar-refractivity contribution in [2.45, 2.75) is 38.1 Å². The van der Waals surface area contributed by atoms with Crippen LogP contribution in [0.5, 0.6) is 0 Å². The maximum atomic E-state index is 11.7. The highest BCUT2D eigenvalue weighted by Gasteiger charge is 2.36. The molecule has 1 amide bonds. The van der Waals surface area contributed by atoms with Gasteiger partial charge in [-0.2, -0.15) is 0 Å². The molecule has 0 aromatic rings. The minimum Gasteiger partial charge on any atom is -0.480 e. The third kappa shape index (κ3) is 1.89. The molecule has 1 aliphatic heterocycles. The normalized spacial score (nSPS) is 26.6. The first-order valence-corrected chi connectivity index (χ1v) is 5.21. The van der Waals surface area contributed by atoms with Crippen molar-refractivity contribution in [3.8, 4) is 0 Å². The number of amides is 1. The van der Waals surface area contributed by atoms with E-state index in [1.807, 2.05) is 0 Å². The zero-order chi connectivity index (χ0) is 10.1. The third-order valence-electron chi connectivity index (χ3n) is 3.02. The first-order chi connectivity index (χ1) is 6.68. The monoisotopic (exact) mass is 197 g/mol. The van der Waals surface area contributed by atoms with Crippen molar-refractivity contribution in [1.82, 2.24) is 4.90 Å². The van der Waals surface area contributed by atoms with E-state index in [1.54, 1.807) is 4.90 Å². The summed E-state index contributed by atoms with van der Waals surface area (Å²) in [4.78, 5) is 24.0. The SMILES string of the molecule is O=C(O)[C@H]1CCCN1C(=O)CC1CC1. The van der Waals surface area contributed by atoms with Crippen molar-refractivity contribution in [1.29, 1.82) is 0 Å². The molecule has 1 N–H and O–H groups in total. The summed E-state index contributed by atoms with van der Waals surface area (Å²) in [5.41, 5.74) is 0. The fraction of sp³-hybridized carbons (Fsp3) is 0.800. The zero-order valence-electron chi connectivity index (χ0n) is 8.11. The first-order valence-electron chi connectivity index (χ1n) is 5.21. The van der Waals surface area contributed by atoms with Crippen LogP contribution in [-0.2, 0) is 9.59 Å². The molecule has 0 bridgehead atoms. The largest absolute Gasteiger partial charge is 0.480 e. The molecule has 1 heterocycles. The van der Waals surface area contributed by atoms with Crippen LogP contribution in [0, 0.1) is 5.92 Å². The highest BCUT2D eigenvalue weighted by atomic mass is 16.4. The predicted octanol–water partition coefficient (Wildman–Crippen LogP) is 0.862. The van der Waals surface area contributed by atoms with E-state index in [4.69, 9.17) is 5.11 Å². The maximum absolute atomic E-state index is 11.7. The predicted molar refractivity (Wildman–Crippen MR) is 49.7 cm³/mol. The number of carbonyl (C=O) groups excluding carboxylic acids is 1. The first kappa shape index (κ1) is 9.49. The lowest BCUT2D eigenvalue weighted by Gasteiger charge is -2.21. The van der Waals surface area contributed by atoms with Gasteiger partial charge in [0.25, 0.3) is 0 Å². The Morgan fingerprint density at radius 1 is 1.29 bits per heavy atom. The summed E-state index contributed by atoms with van der Waals surface area (Å²) in [7, 11) is 0. The van der Waals surface area contributed by atoms with Gasteiger partial charge in [0.05, 0.1) is 0 Å². The Labute approximate surface area is 82.9 Å². The molecule has 1 saturated carbocycles. The van der Waals surface area contributed by atoms with E-state index in [1.165, 1.54) is 0 Å². The molecule has 78 valence electrons. The van der Waals surface area contributed by atoms with Crippen LogP contribution in [0.2, 0.25) is 0 Å². The van der Waals surface area contributed by atoms with Gasteiger partial charge in [-0.1, -0.05) is 0 Å². The third-order valence-corrected chi connectivity index (χ3v) is 3.02. The van der Waals surface area contributed by atoms with E-state index < -0.39 is 12.0 Å². The molecule has 0 unspecified atom stereocenters. The van der Waals surface area contributed by atoms with Gasteiger partial charge in [0, 0.05) is 13.0 Å². The van der Waals surface area contributed by atoms with E-state index in [-0.39, 0.29) is 5.91 Å². The molecule has 14 heavy (non-hydrogen) atoms. The molecular weight excluding hydrogens is 182 g/mol. The number of hydrogen-bond acceptors (Lipinski definition) is 2. The number of carbonyl (C=O) groups is 2. The number of rotatable bonds is 3. The molecule has 4 nitrogen and oxygen atoms in total.